The Kier molecular flexibility index (Phi) is 7.07. The van der Waals surface area contributed by atoms with Gasteiger partial charge < -0.3 is 29.3 Å². The Labute approximate surface area is 181 Å². The predicted molar refractivity (Wildman–Crippen MR) is 112 cm³/mol. The second kappa shape index (κ2) is 9.57. The molecule has 0 aromatic heterocycles. The number of guanidine groups is 1. The van der Waals surface area contributed by atoms with E-state index >= 15 is 0 Å². The number of benzene rings is 1. The number of para-hydroxylation sites is 1. The van der Waals surface area contributed by atoms with Crippen LogP contribution in [-0.2, 0) is 11.3 Å². The third kappa shape index (κ3) is 5.89. The van der Waals surface area contributed by atoms with Crippen molar-refractivity contribution in [2.45, 2.75) is 52.5 Å². The van der Waals surface area contributed by atoms with Crippen LogP contribution in [-0.4, -0.2) is 72.9 Å². The zero-order valence-corrected chi connectivity index (χ0v) is 18.4. The summed E-state index contributed by atoms with van der Waals surface area (Å²) in [7, 11) is 0. The van der Waals surface area contributed by atoms with Gasteiger partial charge in [-0.2, -0.15) is 8.78 Å². The minimum Gasteiger partial charge on any atom is -0.490 e. The minimum atomic E-state index is -2.95. The number of amides is 1. The molecule has 3 rings (SSSR count). The lowest BCUT2D eigenvalue weighted by molar-refractivity contribution is -0.0521. The van der Waals surface area contributed by atoms with Crippen molar-refractivity contribution >= 4 is 12.1 Å². The number of hydrogen-bond donors (Lipinski definition) is 1. The molecule has 1 fully saturated rings. The van der Waals surface area contributed by atoms with E-state index in [2.05, 4.69) is 15.2 Å². The maximum atomic E-state index is 12.9. The molecule has 1 aromatic rings. The van der Waals surface area contributed by atoms with Crippen LogP contribution in [0.4, 0.5) is 13.6 Å². The van der Waals surface area contributed by atoms with Crippen LogP contribution in [0.2, 0.25) is 0 Å². The van der Waals surface area contributed by atoms with Crippen molar-refractivity contribution in [2.24, 2.45) is 4.99 Å². The van der Waals surface area contributed by atoms with E-state index in [4.69, 9.17) is 14.2 Å². The Morgan fingerprint density at radius 3 is 2.77 bits per heavy atom. The lowest BCUT2D eigenvalue weighted by Gasteiger charge is -2.39. The highest BCUT2D eigenvalue weighted by Crippen LogP contribution is 2.33. The number of fused-ring (bicyclic) bond motifs is 1. The van der Waals surface area contributed by atoms with E-state index in [9.17, 15) is 13.6 Å². The molecule has 31 heavy (non-hydrogen) atoms. The number of piperazine rings is 1. The van der Waals surface area contributed by atoms with Gasteiger partial charge in [-0.1, -0.05) is 12.1 Å². The van der Waals surface area contributed by atoms with Crippen LogP contribution in [0.1, 0.15) is 33.3 Å². The molecule has 1 atom stereocenters. The van der Waals surface area contributed by atoms with Crippen molar-refractivity contribution in [3.05, 3.63) is 23.8 Å². The summed E-state index contributed by atoms with van der Waals surface area (Å²) in [6, 6.07) is 5.10. The molecule has 0 bridgehead atoms. The normalized spacial score (nSPS) is 18.5. The fourth-order valence-corrected chi connectivity index (χ4v) is 3.59. The van der Waals surface area contributed by atoms with Crippen LogP contribution >= 0.6 is 0 Å². The maximum Gasteiger partial charge on any atom is 0.410 e. The zero-order valence-electron chi connectivity index (χ0n) is 18.4. The van der Waals surface area contributed by atoms with Gasteiger partial charge in [-0.05, 0) is 33.8 Å². The summed E-state index contributed by atoms with van der Waals surface area (Å²) in [5.74, 6) is 0.981. The molecule has 1 saturated heterocycles. The number of carbonyl (C=O) groups excluding carboxylic acids is 1. The summed E-state index contributed by atoms with van der Waals surface area (Å²) in [6.07, 6.45) is -0.324. The predicted octanol–water partition coefficient (Wildman–Crippen LogP) is 3.07. The summed E-state index contributed by atoms with van der Waals surface area (Å²) >= 11 is 0. The van der Waals surface area contributed by atoms with E-state index in [-0.39, 0.29) is 30.2 Å². The highest BCUT2D eigenvalue weighted by atomic mass is 19.3. The quantitative estimate of drug-likeness (QED) is 0.733. The molecule has 1 amide bonds. The largest absolute Gasteiger partial charge is 0.490 e. The number of alkyl halides is 2. The van der Waals surface area contributed by atoms with Crippen LogP contribution in [0.5, 0.6) is 11.5 Å². The van der Waals surface area contributed by atoms with Gasteiger partial charge in [0.15, 0.2) is 17.5 Å². The lowest BCUT2D eigenvalue weighted by Crippen LogP contribution is -2.57. The van der Waals surface area contributed by atoms with E-state index < -0.39 is 12.2 Å². The number of aliphatic imine (C=N–C) groups is 1. The average molecular weight is 440 g/mol. The SMILES string of the molecule is CCOc1cccc(CNC2=NCC3CN(C(=O)OC(C)(C)C)CCN23)c1OC(F)F. The number of halogens is 2. The summed E-state index contributed by atoms with van der Waals surface area (Å²) in [5.41, 5.74) is 0.00557. The van der Waals surface area contributed by atoms with E-state index in [1.54, 1.807) is 30.0 Å². The molecule has 2 aliphatic rings. The van der Waals surface area contributed by atoms with Crippen molar-refractivity contribution in [3.8, 4) is 11.5 Å². The third-order valence-electron chi connectivity index (χ3n) is 4.86. The molecule has 0 spiro atoms. The first-order valence-electron chi connectivity index (χ1n) is 10.4. The van der Waals surface area contributed by atoms with Gasteiger partial charge >= 0.3 is 12.7 Å². The van der Waals surface area contributed by atoms with E-state index in [1.807, 2.05) is 20.8 Å². The van der Waals surface area contributed by atoms with E-state index in [0.717, 1.165) is 0 Å². The highest BCUT2D eigenvalue weighted by Gasteiger charge is 2.36. The number of ether oxygens (including phenoxy) is 3. The minimum absolute atomic E-state index is 0.0248. The Morgan fingerprint density at radius 1 is 1.32 bits per heavy atom. The molecule has 0 radical (unpaired) electrons. The Bertz CT molecular complexity index is 813. The lowest BCUT2D eigenvalue weighted by atomic mass is 10.1. The number of hydrogen-bond acceptors (Lipinski definition) is 7. The molecule has 2 heterocycles. The molecule has 8 nitrogen and oxygen atoms in total. The number of nitrogens with one attached hydrogen (secondary N) is 1. The van der Waals surface area contributed by atoms with Crippen molar-refractivity contribution in [2.75, 3.05) is 32.8 Å². The smallest absolute Gasteiger partial charge is 0.410 e. The Morgan fingerprint density at radius 2 is 2.10 bits per heavy atom. The van der Waals surface area contributed by atoms with Crippen molar-refractivity contribution in [1.82, 2.24) is 15.1 Å². The molecule has 172 valence electrons. The average Bonchev–Trinajstić information content (AvgIpc) is 3.09. The van der Waals surface area contributed by atoms with Crippen LogP contribution in [0.3, 0.4) is 0 Å². The standard InChI is InChI=1S/C21H30F2N4O4/c1-5-29-16-8-6-7-14(17(16)30-18(22)23)11-24-19-25-12-15-13-26(9-10-27(15)19)20(28)31-21(2,3)4/h6-8,15,18H,5,9-13H2,1-4H3,(H,24,25). The Hall–Kier alpha value is -2.78. The molecule has 10 heteroatoms. The fourth-order valence-electron chi connectivity index (χ4n) is 3.59. The first-order chi connectivity index (χ1) is 14.7. The van der Waals surface area contributed by atoms with Gasteiger partial charge in [-0.3, -0.25) is 4.99 Å². The topological polar surface area (TPSA) is 75.6 Å². The van der Waals surface area contributed by atoms with Gasteiger partial charge in [0.1, 0.15) is 5.60 Å². The van der Waals surface area contributed by atoms with E-state index in [0.29, 0.717) is 44.3 Å². The summed E-state index contributed by atoms with van der Waals surface area (Å²) in [5, 5.41) is 3.22. The fraction of sp³-hybridized carbons (Fsp3) is 0.619. The van der Waals surface area contributed by atoms with Gasteiger partial charge in [0.05, 0.1) is 19.2 Å². The number of rotatable bonds is 6. The molecule has 0 aliphatic carbocycles. The Balaban J connectivity index is 1.61. The van der Waals surface area contributed by atoms with Crippen LogP contribution in [0.25, 0.3) is 0 Å². The van der Waals surface area contributed by atoms with Gasteiger partial charge in [-0.15, -0.1) is 0 Å². The molecule has 1 unspecified atom stereocenters. The molecule has 1 N–H and O–H groups in total. The summed E-state index contributed by atoms with van der Waals surface area (Å²) < 4.78 is 41.4. The molecular weight excluding hydrogens is 410 g/mol. The molecular formula is C21H30F2N4O4. The first kappa shape index (κ1) is 22.9. The van der Waals surface area contributed by atoms with Crippen molar-refractivity contribution in [1.29, 1.82) is 0 Å². The first-order valence-corrected chi connectivity index (χ1v) is 10.4. The summed E-state index contributed by atoms with van der Waals surface area (Å²) in [4.78, 5) is 20.7. The molecule has 2 aliphatic heterocycles. The second-order valence-corrected chi connectivity index (χ2v) is 8.35. The molecule has 1 aromatic carbocycles. The third-order valence-corrected chi connectivity index (χ3v) is 4.86. The summed E-state index contributed by atoms with van der Waals surface area (Å²) in [6.45, 7) is 7.13. The zero-order chi connectivity index (χ0) is 22.6. The van der Waals surface area contributed by atoms with Crippen LogP contribution in [0.15, 0.2) is 23.2 Å². The monoisotopic (exact) mass is 440 g/mol. The number of nitrogens with zero attached hydrogens (tertiary/aromatic N) is 3. The van der Waals surface area contributed by atoms with Crippen LogP contribution < -0.4 is 14.8 Å². The number of carbonyl (C=O) groups is 1. The van der Waals surface area contributed by atoms with Gasteiger partial charge in [0.25, 0.3) is 0 Å². The van der Waals surface area contributed by atoms with Crippen molar-refractivity contribution < 1.29 is 27.8 Å². The highest BCUT2D eigenvalue weighted by molar-refractivity contribution is 5.82. The van der Waals surface area contributed by atoms with Gasteiger partial charge in [-0.25, -0.2) is 4.79 Å². The van der Waals surface area contributed by atoms with Crippen LogP contribution in [0, 0.1) is 0 Å². The molecule has 0 saturated carbocycles. The van der Waals surface area contributed by atoms with Crippen molar-refractivity contribution in [3.63, 3.8) is 0 Å². The maximum absolute atomic E-state index is 12.9. The van der Waals surface area contributed by atoms with E-state index in [1.165, 1.54) is 0 Å². The van der Waals surface area contributed by atoms with Gasteiger partial charge in [0, 0.05) is 31.7 Å². The van der Waals surface area contributed by atoms with Gasteiger partial charge in [0.2, 0.25) is 0 Å². The second-order valence-electron chi connectivity index (χ2n) is 8.35.